The number of nitrogens with zero attached hydrogens (tertiary/aromatic N) is 1. The lowest BCUT2D eigenvalue weighted by Gasteiger charge is -2.27. The van der Waals surface area contributed by atoms with Gasteiger partial charge in [0.1, 0.15) is 0 Å². The Morgan fingerprint density at radius 1 is 1.25 bits per heavy atom. The molecule has 1 aromatic rings. The number of pyridine rings is 1. The molecule has 1 nitrogen and oxygen atoms in total. The summed E-state index contributed by atoms with van der Waals surface area (Å²) in [5, 5.41) is 0. The van der Waals surface area contributed by atoms with Crippen LogP contribution in [0.25, 0.3) is 0 Å². The van der Waals surface area contributed by atoms with E-state index in [9.17, 15) is 0 Å². The van der Waals surface area contributed by atoms with Gasteiger partial charge in [-0.05, 0) is 50.2 Å². The largest absolute Gasteiger partial charge is 0.261 e. The molecule has 1 saturated carbocycles. The van der Waals surface area contributed by atoms with Crippen LogP contribution in [0.1, 0.15) is 43.7 Å². The van der Waals surface area contributed by atoms with Crippen LogP contribution < -0.4 is 0 Å². The second-order valence-electron chi connectivity index (χ2n) is 4.59. The Labute approximate surface area is 107 Å². The molecule has 0 unspecified atom stereocenters. The third kappa shape index (κ3) is 3.42. The Morgan fingerprint density at radius 2 is 2.06 bits per heavy atom. The van der Waals surface area contributed by atoms with Gasteiger partial charge in [0.15, 0.2) is 0 Å². The monoisotopic (exact) mass is 253 g/mol. The van der Waals surface area contributed by atoms with Crippen molar-refractivity contribution in [3.05, 3.63) is 30.1 Å². The number of aromatic nitrogens is 1. The minimum absolute atomic E-state index is 0.709. The average molecular weight is 253 g/mol. The number of thiol groups is 1. The van der Waals surface area contributed by atoms with Gasteiger partial charge in [-0.3, -0.25) is 4.98 Å². The maximum atomic E-state index is 4.47. The zero-order valence-corrected chi connectivity index (χ0v) is 11.2. The summed E-state index contributed by atoms with van der Waals surface area (Å²) in [4.78, 5) is 4.47. The van der Waals surface area contributed by atoms with E-state index in [1.165, 1.54) is 43.6 Å². The van der Waals surface area contributed by atoms with E-state index in [2.05, 4.69) is 28.8 Å². The summed E-state index contributed by atoms with van der Waals surface area (Å²) in [6, 6.07) is 6.28. The third-order valence-corrected chi connectivity index (χ3v) is 4.54. The summed E-state index contributed by atoms with van der Waals surface area (Å²) in [7, 11) is 1.67. The molecule has 0 aliphatic heterocycles. The molecule has 0 amide bonds. The van der Waals surface area contributed by atoms with Crippen molar-refractivity contribution in [1.29, 1.82) is 0 Å². The van der Waals surface area contributed by atoms with E-state index in [0.29, 0.717) is 5.92 Å². The Hall–Kier alpha value is -0.150. The van der Waals surface area contributed by atoms with Crippen LogP contribution in [0.5, 0.6) is 0 Å². The van der Waals surface area contributed by atoms with Crippen LogP contribution in [0.3, 0.4) is 0 Å². The molecule has 88 valence electrons. The van der Waals surface area contributed by atoms with Crippen molar-refractivity contribution >= 4 is 22.5 Å². The van der Waals surface area contributed by atoms with Gasteiger partial charge in [-0.1, -0.05) is 16.9 Å². The molecule has 1 heterocycles. The minimum atomic E-state index is 0.709. The average Bonchev–Trinajstić information content (AvgIpc) is 2.38. The molecule has 1 aliphatic carbocycles. The maximum Gasteiger partial charge on any atom is 0.0434 e. The van der Waals surface area contributed by atoms with Crippen LogP contribution in [-0.4, -0.2) is 10.7 Å². The highest BCUT2D eigenvalue weighted by Crippen LogP contribution is 2.36. The van der Waals surface area contributed by atoms with E-state index in [4.69, 9.17) is 0 Å². The lowest BCUT2D eigenvalue weighted by atomic mass is 9.79. The van der Waals surface area contributed by atoms with Gasteiger partial charge in [-0.15, -0.1) is 11.7 Å². The van der Waals surface area contributed by atoms with Gasteiger partial charge in [-0.2, -0.15) is 0 Å². The Balaban J connectivity index is 1.81. The van der Waals surface area contributed by atoms with Crippen molar-refractivity contribution in [2.24, 2.45) is 5.92 Å². The van der Waals surface area contributed by atoms with Gasteiger partial charge in [0.05, 0.1) is 0 Å². The summed E-state index contributed by atoms with van der Waals surface area (Å²) >= 11 is 4.20. The molecule has 16 heavy (non-hydrogen) atoms. The summed E-state index contributed by atoms with van der Waals surface area (Å²) in [6.07, 6.45) is 8.63. The Morgan fingerprint density at radius 3 is 2.69 bits per heavy atom. The first-order valence-electron chi connectivity index (χ1n) is 6.07. The summed E-state index contributed by atoms with van der Waals surface area (Å²) in [6.45, 7) is 0. The molecule has 2 rings (SSSR count). The van der Waals surface area contributed by atoms with Crippen LogP contribution in [0.15, 0.2) is 24.4 Å². The molecular weight excluding hydrogens is 234 g/mol. The fourth-order valence-corrected chi connectivity index (χ4v) is 3.34. The number of hydrogen-bond donors (Lipinski definition) is 1. The molecule has 0 saturated heterocycles. The van der Waals surface area contributed by atoms with Gasteiger partial charge in [0, 0.05) is 23.6 Å². The highest BCUT2D eigenvalue weighted by molar-refractivity contribution is 8.68. The van der Waals surface area contributed by atoms with Crippen LogP contribution in [0, 0.1) is 5.92 Å². The van der Waals surface area contributed by atoms with E-state index < -0.39 is 0 Å². The van der Waals surface area contributed by atoms with E-state index in [0.717, 1.165) is 5.92 Å². The van der Waals surface area contributed by atoms with Crippen molar-refractivity contribution in [2.45, 2.75) is 38.0 Å². The smallest absolute Gasteiger partial charge is 0.0434 e. The molecule has 0 bridgehead atoms. The summed E-state index contributed by atoms with van der Waals surface area (Å²) < 4.78 is 0. The summed E-state index contributed by atoms with van der Waals surface area (Å²) in [5.41, 5.74) is 1.30. The van der Waals surface area contributed by atoms with E-state index in [1.54, 1.807) is 10.8 Å². The standard InChI is InChI=1S/C13H19NS2/c15-16-10-8-11-4-6-12(7-5-11)13-3-1-2-9-14-13/h1-3,9,11-12,15H,4-8,10H2. The number of hydrogen-bond acceptors (Lipinski definition) is 3. The van der Waals surface area contributed by atoms with E-state index >= 15 is 0 Å². The minimum Gasteiger partial charge on any atom is -0.261 e. The molecule has 1 aliphatic rings. The fourth-order valence-electron chi connectivity index (χ4n) is 2.58. The van der Waals surface area contributed by atoms with Gasteiger partial charge >= 0.3 is 0 Å². The third-order valence-electron chi connectivity index (χ3n) is 3.57. The van der Waals surface area contributed by atoms with Crippen molar-refractivity contribution in [2.75, 3.05) is 5.75 Å². The molecular formula is C13H19NS2. The van der Waals surface area contributed by atoms with Gasteiger partial charge in [0.2, 0.25) is 0 Å². The first kappa shape index (κ1) is 12.3. The predicted octanol–water partition coefficient (Wildman–Crippen LogP) is 4.32. The van der Waals surface area contributed by atoms with E-state index in [-0.39, 0.29) is 0 Å². The van der Waals surface area contributed by atoms with Gasteiger partial charge in [-0.25, -0.2) is 0 Å². The molecule has 0 N–H and O–H groups in total. The molecule has 1 fully saturated rings. The topological polar surface area (TPSA) is 12.9 Å². The van der Waals surface area contributed by atoms with Crippen molar-refractivity contribution < 1.29 is 0 Å². The SMILES string of the molecule is SSCCC1CCC(c2ccccn2)CC1. The highest BCUT2D eigenvalue weighted by atomic mass is 33.1. The van der Waals surface area contributed by atoms with Crippen LogP contribution in [0.2, 0.25) is 0 Å². The van der Waals surface area contributed by atoms with Crippen LogP contribution in [-0.2, 0) is 0 Å². The fraction of sp³-hybridized carbons (Fsp3) is 0.615. The second-order valence-corrected chi connectivity index (χ2v) is 6.04. The molecule has 0 aromatic carbocycles. The van der Waals surface area contributed by atoms with Crippen molar-refractivity contribution in [3.63, 3.8) is 0 Å². The van der Waals surface area contributed by atoms with Crippen molar-refractivity contribution in [1.82, 2.24) is 4.98 Å². The second kappa shape index (κ2) is 6.55. The Bertz CT molecular complexity index is 294. The molecule has 0 radical (unpaired) electrons. The van der Waals surface area contributed by atoms with Gasteiger partial charge in [0.25, 0.3) is 0 Å². The molecule has 0 atom stereocenters. The normalized spacial score (nSPS) is 25.6. The van der Waals surface area contributed by atoms with Crippen molar-refractivity contribution in [3.8, 4) is 0 Å². The number of rotatable bonds is 4. The first-order chi connectivity index (χ1) is 7.90. The quantitative estimate of drug-likeness (QED) is 0.634. The summed E-state index contributed by atoms with van der Waals surface area (Å²) in [5.74, 6) is 2.84. The molecule has 0 spiro atoms. The Kier molecular flexibility index (Phi) is 5.04. The van der Waals surface area contributed by atoms with Gasteiger partial charge < -0.3 is 0 Å². The lowest BCUT2D eigenvalue weighted by molar-refractivity contribution is 0.317. The first-order valence-corrected chi connectivity index (χ1v) is 8.11. The zero-order valence-electron chi connectivity index (χ0n) is 9.51. The lowest BCUT2D eigenvalue weighted by Crippen LogP contribution is -2.14. The maximum absolute atomic E-state index is 4.47. The van der Waals surface area contributed by atoms with E-state index in [1.807, 2.05) is 12.3 Å². The zero-order chi connectivity index (χ0) is 11.2. The predicted molar refractivity (Wildman–Crippen MR) is 75.0 cm³/mol. The molecule has 3 heteroatoms. The molecule has 1 aromatic heterocycles. The van der Waals surface area contributed by atoms with Crippen LogP contribution >= 0.6 is 22.5 Å². The highest BCUT2D eigenvalue weighted by Gasteiger charge is 2.22. The van der Waals surface area contributed by atoms with Crippen LogP contribution in [0.4, 0.5) is 0 Å².